The predicted molar refractivity (Wildman–Crippen MR) is 94.4 cm³/mol. The van der Waals surface area contributed by atoms with Crippen molar-refractivity contribution < 1.29 is 41.0 Å². The van der Waals surface area contributed by atoms with Crippen molar-refractivity contribution in [3.05, 3.63) is 24.5 Å². The van der Waals surface area contributed by atoms with Crippen LogP contribution < -0.4 is 5.32 Å². The molecule has 0 bridgehead atoms. The molecular weight excluding hydrogens is 419 g/mol. The highest BCUT2D eigenvalue weighted by Crippen LogP contribution is 2.34. The highest BCUT2D eigenvalue weighted by molar-refractivity contribution is 7.88. The number of sulfonamides is 1. The van der Waals surface area contributed by atoms with E-state index in [-0.39, 0.29) is 17.9 Å². The second-order valence-corrected chi connectivity index (χ2v) is 8.58. The van der Waals surface area contributed by atoms with Crippen LogP contribution in [0.15, 0.2) is 24.5 Å². The van der Waals surface area contributed by atoms with E-state index in [1.165, 1.54) is 10.6 Å². The van der Waals surface area contributed by atoms with Crippen LogP contribution in [-0.2, 0) is 24.3 Å². The minimum absolute atomic E-state index is 0.201. The molecule has 13 heteroatoms. The number of nitrogens with zero attached hydrogens (tertiary/aromatic N) is 2. The Morgan fingerprint density at radius 3 is 2.55 bits per heavy atom. The summed E-state index contributed by atoms with van der Waals surface area (Å²) < 4.78 is 62.2. The van der Waals surface area contributed by atoms with Crippen molar-refractivity contribution in [1.82, 2.24) is 9.29 Å². The molecule has 0 aromatic carbocycles. The molecule has 2 saturated heterocycles. The summed E-state index contributed by atoms with van der Waals surface area (Å²) in [5.74, 6) is -2.72. The lowest BCUT2D eigenvalue weighted by atomic mass is 9.93. The molecule has 0 radical (unpaired) electrons. The van der Waals surface area contributed by atoms with E-state index in [0.717, 1.165) is 6.42 Å². The van der Waals surface area contributed by atoms with E-state index >= 15 is 0 Å². The van der Waals surface area contributed by atoms with Crippen LogP contribution in [-0.4, -0.2) is 72.4 Å². The van der Waals surface area contributed by atoms with Gasteiger partial charge in [0.1, 0.15) is 6.10 Å². The summed E-state index contributed by atoms with van der Waals surface area (Å²) in [4.78, 5) is 25.1. The third kappa shape index (κ3) is 6.65. The van der Waals surface area contributed by atoms with Crippen LogP contribution in [0.5, 0.6) is 0 Å². The Balaban J connectivity index is 0.000000370. The fraction of sp³-hybridized carbons (Fsp3) is 0.562. The number of ether oxygens (including phenoxy) is 1. The number of pyridine rings is 1. The van der Waals surface area contributed by atoms with Gasteiger partial charge in [0.15, 0.2) is 0 Å². The van der Waals surface area contributed by atoms with Gasteiger partial charge in [-0.1, -0.05) is 0 Å². The Morgan fingerprint density at radius 2 is 2.03 bits per heavy atom. The van der Waals surface area contributed by atoms with E-state index in [2.05, 4.69) is 10.3 Å². The summed E-state index contributed by atoms with van der Waals surface area (Å²) in [6, 6.07) is 3.51. The topological polar surface area (TPSA) is 126 Å². The molecule has 2 fully saturated rings. The minimum Gasteiger partial charge on any atom is -0.475 e. The molecule has 2 aliphatic rings. The quantitative estimate of drug-likeness (QED) is 0.722. The Morgan fingerprint density at radius 1 is 1.38 bits per heavy atom. The maximum atomic E-state index is 12.2. The molecule has 0 spiro atoms. The molecule has 1 aromatic heterocycles. The smallest absolute Gasteiger partial charge is 0.475 e. The number of amides is 1. The summed E-state index contributed by atoms with van der Waals surface area (Å²) in [5.41, 5.74) is 0.628. The first-order chi connectivity index (χ1) is 13.4. The van der Waals surface area contributed by atoms with Gasteiger partial charge in [0, 0.05) is 19.3 Å². The second-order valence-electron chi connectivity index (χ2n) is 6.60. The van der Waals surface area contributed by atoms with Crippen LogP contribution in [0.1, 0.15) is 12.8 Å². The monoisotopic (exact) mass is 439 g/mol. The number of aromatic nitrogens is 1. The van der Waals surface area contributed by atoms with Crippen molar-refractivity contribution >= 4 is 27.6 Å². The number of carbonyl (C=O) groups is 2. The Hall–Kier alpha value is -2.25. The molecule has 0 saturated carbocycles. The van der Waals surface area contributed by atoms with Crippen molar-refractivity contribution in [2.75, 3.05) is 24.7 Å². The van der Waals surface area contributed by atoms with Crippen LogP contribution in [0, 0.1) is 5.92 Å². The number of piperidine rings is 1. The highest BCUT2D eigenvalue weighted by atomic mass is 32.2. The van der Waals surface area contributed by atoms with E-state index in [1.807, 2.05) is 0 Å². The van der Waals surface area contributed by atoms with Crippen molar-refractivity contribution in [3.8, 4) is 0 Å². The molecule has 3 atom stereocenters. The Bertz CT molecular complexity index is 834. The standard InChI is InChI=1S/C14H19N3O4S.C2HF3O2/c1-22(19,20)17-6-4-10-7-12(21-13(10)9-17)14(18)16-11-3-2-5-15-8-11;3-2(4,5)1(6)7/h2-3,5,8,10,12-13H,4,6-7,9H2,1H3,(H,16,18);(H,6,7)/t10-,12-,13-;/m0./s1. The number of carbonyl (C=O) groups excluding carboxylic acids is 1. The van der Waals surface area contributed by atoms with E-state index in [9.17, 15) is 26.4 Å². The summed E-state index contributed by atoms with van der Waals surface area (Å²) in [7, 11) is -3.21. The maximum absolute atomic E-state index is 12.2. The van der Waals surface area contributed by atoms with Crippen molar-refractivity contribution in [2.24, 2.45) is 5.92 Å². The molecule has 1 aromatic rings. The third-order valence-electron chi connectivity index (χ3n) is 4.45. The first-order valence-corrected chi connectivity index (χ1v) is 10.3. The van der Waals surface area contributed by atoms with Gasteiger partial charge in [0.2, 0.25) is 10.0 Å². The fourth-order valence-electron chi connectivity index (χ4n) is 3.03. The van der Waals surface area contributed by atoms with Gasteiger partial charge in [-0.3, -0.25) is 9.78 Å². The largest absolute Gasteiger partial charge is 0.490 e. The number of hydrogen-bond acceptors (Lipinski definition) is 6. The summed E-state index contributed by atoms with van der Waals surface area (Å²) in [6.07, 6.45) is -0.0400. The van der Waals surface area contributed by atoms with Crippen molar-refractivity contribution in [2.45, 2.75) is 31.2 Å². The molecule has 2 N–H and O–H groups in total. The number of rotatable bonds is 3. The van der Waals surface area contributed by atoms with Crippen LogP contribution >= 0.6 is 0 Å². The first-order valence-electron chi connectivity index (χ1n) is 8.49. The van der Waals surface area contributed by atoms with Crippen molar-refractivity contribution in [1.29, 1.82) is 0 Å². The predicted octanol–water partition coefficient (Wildman–Crippen LogP) is 1.09. The number of aliphatic carboxylic acids is 1. The number of nitrogens with one attached hydrogen (secondary N) is 1. The van der Waals surface area contributed by atoms with Gasteiger partial charge in [-0.05, 0) is 30.9 Å². The minimum atomic E-state index is -5.08. The van der Waals surface area contributed by atoms with Gasteiger partial charge < -0.3 is 15.2 Å². The fourth-order valence-corrected chi connectivity index (χ4v) is 3.89. The van der Waals surface area contributed by atoms with Gasteiger partial charge >= 0.3 is 12.1 Å². The number of halogens is 3. The normalized spacial score (nSPS) is 24.8. The molecule has 3 rings (SSSR count). The second kappa shape index (κ2) is 9.05. The highest BCUT2D eigenvalue weighted by Gasteiger charge is 2.43. The van der Waals surface area contributed by atoms with Crippen LogP contribution in [0.2, 0.25) is 0 Å². The number of anilines is 1. The van der Waals surface area contributed by atoms with Crippen molar-refractivity contribution in [3.63, 3.8) is 0 Å². The summed E-state index contributed by atoms with van der Waals surface area (Å²) in [5, 5.41) is 9.90. The number of carboxylic acid groups (broad SMARTS) is 1. The maximum Gasteiger partial charge on any atom is 0.490 e. The van der Waals surface area contributed by atoms with Gasteiger partial charge in [-0.25, -0.2) is 13.2 Å². The zero-order chi connectivity index (χ0) is 21.8. The number of fused-ring (bicyclic) bond motifs is 1. The van der Waals surface area contributed by atoms with Gasteiger partial charge in [-0.15, -0.1) is 0 Å². The number of hydrogen-bond donors (Lipinski definition) is 2. The molecule has 162 valence electrons. The first kappa shape index (κ1) is 23.0. The van der Waals surface area contributed by atoms with Gasteiger partial charge in [0.05, 0.1) is 24.2 Å². The summed E-state index contributed by atoms with van der Waals surface area (Å²) >= 11 is 0. The molecule has 2 aliphatic heterocycles. The number of carboxylic acids is 1. The molecule has 3 heterocycles. The Labute approximate surface area is 164 Å². The average Bonchev–Trinajstić information content (AvgIpc) is 3.05. The lowest BCUT2D eigenvalue weighted by Crippen LogP contribution is -2.44. The molecule has 0 aliphatic carbocycles. The van der Waals surface area contributed by atoms with Gasteiger partial charge in [0.25, 0.3) is 5.91 Å². The average molecular weight is 439 g/mol. The zero-order valence-electron chi connectivity index (χ0n) is 15.3. The van der Waals surface area contributed by atoms with Gasteiger partial charge in [-0.2, -0.15) is 17.5 Å². The number of alkyl halides is 3. The molecule has 0 unspecified atom stereocenters. The van der Waals surface area contributed by atoms with Crippen LogP contribution in [0.25, 0.3) is 0 Å². The lowest BCUT2D eigenvalue weighted by molar-refractivity contribution is -0.192. The Kier molecular flexibility index (Phi) is 7.19. The lowest BCUT2D eigenvalue weighted by Gasteiger charge is -2.32. The molecule has 9 nitrogen and oxygen atoms in total. The summed E-state index contributed by atoms with van der Waals surface area (Å²) in [6.45, 7) is 0.834. The molecule has 29 heavy (non-hydrogen) atoms. The molecular formula is C16H20F3N3O6S. The van der Waals surface area contributed by atoms with E-state index in [1.54, 1.807) is 24.5 Å². The van der Waals surface area contributed by atoms with E-state index < -0.39 is 28.3 Å². The van der Waals surface area contributed by atoms with E-state index in [4.69, 9.17) is 14.6 Å². The van der Waals surface area contributed by atoms with E-state index in [0.29, 0.717) is 25.2 Å². The third-order valence-corrected chi connectivity index (χ3v) is 5.72. The SMILES string of the molecule is CS(=O)(=O)N1CC[C@H]2C[C@@H](C(=O)Nc3cccnc3)O[C@H]2C1.O=C(O)C(F)(F)F. The molecule has 1 amide bonds. The van der Waals surface area contributed by atoms with Crippen LogP contribution in [0.4, 0.5) is 18.9 Å². The van der Waals surface area contributed by atoms with Crippen LogP contribution in [0.3, 0.4) is 0 Å². The zero-order valence-corrected chi connectivity index (χ0v) is 16.1.